The van der Waals surface area contributed by atoms with Gasteiger partial charge in [0.15, 0.2) is 11.5 Å². The molecule has 0 atom stereocenters. The van der Waals surface area contributed by atoms with Gasteiger partial charge >= 0.3 is 6.03 Å². The highest BCUT2D eigenvalue weighted by molar-refractivity contribution is 5.89. The molecule has 0 heterocycles. The molecule has 0 aliphatic rings. The number of halogens is 1. The van der Waals surface area contributed by atoms with Crippen molar-refractivity contribution in [3.63, 3.8) is 0 Å². The predicted molar refractivity (Wildman–Crippen MR) is 93.2 cm³/mol. The van der Waals surface area contributed by atoms with Gasteiger partial charge in [0.25, 0.3) is 0 Å². The second-order valence-corrected chi connectivity index (χ2v) is 5.17. The number of anilines is 1. The van der Waals surface area contributed by atoms with Gasteiger partial charge in [-0.25, -0.2) is 9.18 Å². The lowest BCUT2D eigenvalue weighted by Crippen LogP contribution is -2.30. The van der Waals surface area contributed by atoms with Crippen LogP contribution in [0.1, 0.15) is 5.56 Å². The van der Waals surface area contributed by atoms with Crippen LogP contribution in [0.2, 0.25) is 0 Å². The quantitative estimate of drug-likeness (QED) is 0.806. The van der Waals surface area contributed by atoms with Crippen molar-refractivity contribution in [3.05, 3.63) is 47.8 Å². The Hall–Kier alpha value is -2.96. The molecular formula is C18H21FN2O4. The molecule has 0 radical (unpaired) electrons. The van der Waals surface area contributed by atoms with E-state index in [1.54, 1.807) is 27.4 Å². The number of carbonyl (C=O) groups excluding carboxylic acids is 1. The topological polar surface area (TPSA) is 68.8 Å². The molecule has 0 aliphatic carbocycles. The SMILES string of the molecule is COc1cc(CCNC(=O)Nc2cccc(F)c2)cc(OC)c1OC. The number of amides is 2. The molecule has 0 unspecified atom stereocenters. The molecular weight excluding hydrogens is 327 g/mol. The lowest BCUT2D eigenvalue weighted by Gasteiger charge is -2.14. The van der Waals surface area contributed by atoms with Gasteiger partial charge in [0, 0.05) is 12.2 Å². The number of ether oxygens (including phenoxy) is 3. The first kappa shape index (κ1) is 18.4. The lowest BCUT2D eigenvalue weighted by atomic mass is 10.1. The standard InChI is InChI=1S/C18H21FN2O4/c1-23-15-9-12(10-16(24-2)17(15)25-3)7-8-20-18(22)21-14-6-4-5-13(19)11-14/h4-6,9-11H,7-8H2,1-3H3,(H2,20,21,22). The fourth-order valence-electron chi connectivity index (χ4n) is 2.34. The fraction of sp³-hybridized carbons (Fsp3) is 0.278. The molecule has 0 aromatic heterocycles. The molecule has 0 aliphatic heterocycles. The van der Waals surface area contributed by atoms with Crippen molar-refractivity contribution in [3.8, 4) is 17.2 Å². The maximum atomic E-state index is 13.1. The first-order chi connectivity index (χ1) is 12.1. The molecule has 6 nitrogen and oxygen atoms in total. The van der Waals surface area contributed by atoms with Crippen LogP contribution >= 0.6 is 0 Å². The van der Waals surface area contributed by atoms with Crippen LogP contribution in [0.4, 0.5) is 14.9 Å². The smallest absolute Gasteiger partial charge is 0.319 e. The van der Waals surface area contributed by atoms with Crippen molar-refractivity contribution in [2.24, 2.45) is 0 Å². The van der Waals surface area contributed by atoms with Gasteiger partial charge < -0.3 is 24.8 Å². The number of hydrogen-bond acceptors (Lipinski definition) is 4. The van der Waals surface area contributed by atoms with E-state index in [4.69, 9.17) is 14.2 Å². The number of rotatable bonds is 7. The van der Waals surface area contributed by atoms with Gasteiger partial charge in [-0.1, -0.05) is 6.07 Å². The van der Waals surface area contributed by atoms with Gasteiger partial charge in [-0.15, -0.1) is 0 Å². The average molecular weight is 348 g/mol. The molecule has 0 spiro atoms. The van der Waals surface area contributed by atoms with Crippen molar-refractivity contribution < 1.29 is 23.4 Å². The van der Waals surface area contributed by atoms with Crippen molar-refractivity contribution in [1.82, 2.24) is 5.32 Å². The Labute approximate surface area is 145 Å². The summed E-state index contributed by atoms with van der Waals surface area (Å²) in [6, 6.07) is 8.95. The largest absolute Gasteiger partial charge is 0.493 e. The number of urea groups is 1. The second kappa shape index (κ2) is 8.77. The minimum Gasteiger partial charge on any atom is -0.493 e. The van der Waals surface area contributed by atoms with Crippen molar-refractivity contribution in [2.45, 2.75) is 6.42 Å². The molecule has 2 amide bonds. The van der Waals surface area contributed by atoms with Gasteiger partial charge in [0.2, 0.25) is 5.75 Å². The van der Waals surface area contributed by atoms with Gasteiger partial charge in [0.05, 0.1) is 21.3 Å². The van der Waals surface area contributed by atoms with E-state index in [2.05, 4.69) is 10.6 Å². The molecule has 25 heavy (non-hydrogen) atoms. The van der Waals surface area contributed by atoms with Crippen LogP contribution in [0.3, 0.4) is 0 Å². The van der Waals surface area contributed by atoms with Crippen molar-refractivity contribution >= 4 is 11.7 Å². The molecule has 134 valence electrons. The summed E-state index contributed by atoms with van der Waals surface area (Å²) < 4.78 is 29.0. The van der Waals surface area contributed by atoms with Gasteiger partial charge in [-0.3, -0.25) is 0 Å². The molecule has 7 heteroatoms. The van der Waals surface area contributed by atoms with E-state index in [0.717, 1.165) is 5.56 Å². The van der Waals surface area contributed by atoms with Crippen LogP contribution in [-0.4, -0.2) is 33.9 Å². The van der Waals surface area contributed by atoms with E-state index >= 15 is 0 Å². The van der Waals surface area contributed by atoms with E-state index in [-0.39, 0.29) is 0 Å². The van der Waals surface area contributed by atoms with Crippen LogP contribution in [0.5, 0.6) is 17.2 Å². The summed E-state index contributed by atoms with van der Waals surface area (Å²) >= 11 is 0. The normalized spacial score (nSPS) is 10.1. The van der Waals surface area contributed by atoms with Crippen LogP contribution in [0.15, 0.2) is 36.4 Å². The summed E-state index contributed by atoms with van der Waals surface area (Å²) in [5.74, 6) is 1.22. The summed E-state index contributed by atoms with van der Waals surface area (Å²) in [4.78, 5) is 11.8. The Bertz CT molecular complexity index is 712. The Balaban J connectivity index is 1.93. The van der Waals surface area contributed by atoms with Crippen molar-refractivity contribution in [1.29, 1.82) is 0 Å². The highest BCUT2D eigenvalue weighted by Crippen LogP contribution is 2.38. The Morgan fingerprint density at radius 3 is 2.28 bits per heavy atom. The first-order valence-corrected chi connectivity index (χ1v) is 7.66. The minimum atomic E-state index is -0.407. The van der Waals surface area contributed by atoms with E-state index < -0.39 is 11.8 Å². The van der Waals surface area contributed by atoms with Crippen LogP contribution in [0, 0.1) is 5.82 Å². The molecule has 2 N–H and O–H groups in total. The van der Waals surface area contributed by atoms with Crippen LogP contribution in [0.25, 0.3) is 0 Å². The van der Waals surface area contributed by atoms with Crippen LogP contribution < -0.4 is 24.8 Å². The number of methoxy groups -OCH3 is 3. The third kappa shape index (κ3) is 5.00. The number of benzene rings is 2. The maximum Gasteiger partial charge on any atom is 0.319 e. The third-order valence-corrected chi connectivity index (χ3v) is 3.51. The van der Waals surface area contributed by atoms with Crippen molar-refractivity contribution in [2.75, 3.05) is 33.2 Å². The Morgan fingerprint density at radius 1 is 1.04 bits per heavy atom. The summed E-state index contributed by atoms with van der Waals surface area (Å²) in [6.45, 7) is 0.389. The summed E-state index contributed by atoms with van der Waals surface area (Å²) in [6.07, 6.45) is 0.563. The minimum absolute atomic E-state index is 0.389. The highest BCUT2D eigenvalue weighted by atomic mass is 19.1. The van der Waals surface area contributed by atoms with Gasteiger partial charge in [-0.05, 0) is 42.3 Å². The van der Waals surface area contributed by atoms with E-state index in [1.807, 2.05) is 12.1 Å². The zero-order chi connectivity index (χ0) is 18.2. The van der Waals surface area contributed by atoms with E-state index in [9.17, 15) is 9.18 Å². The monoisotopic (exact) mass is 348 g/mol. The zero-order valence-corrected chi connectivity index (χ0v) is 14.4. The molecule has 2 aromatic rings. The summed E-state index contributed by atoms with van der Waals surface area (Å²) in [7, 11) is 4.63. The Morgan fingerprint density at radius 2 is 1.72 bits per heavy atom. The van der Waals surface area contributed by atoms with Crippen LogP contribution in [-0.2, 0) is 6.42 Å². The molecule has 0 fully saturated rings. The maximum absolute atomic E-state index is 13.1. The van der Waals surface area contributed by atoms with E-state index in [0.29, 0.717) is 35.9 Å². The van der Waals surface area contributed by atoms with E-state index in [1.165, 1.54) is 18.2 Å². The fourth-order valence-corrected chi connectivity index (χ4v) is 2.34. The molecule has 2 aromatic carbocycles. The molecule has 0 bridgehead atoms. The molecule has 0 saturated carbocycles. The highest BCUT2D eigenvalue weighted by Gasteiger charge is 2.13. The number of nitrogens with one attached hydrogen (secondary N) is 2. The molecule has 0 saturated heterocycles. The Kier molecular flexibility index (Phi) is 6.45. The zero-order valence-electron chi connectivity index (χ0n) is 14.4. The lowest BCUT2D eigenvalue weighted by molar-refractivity contribution is 0.252. The van der Waals surface area contributed by atoms with Gasteiger partial charge in [0.1, 0.15) is 5.82 Å². The average Bonchev–Trinajstić information content (AvgIpc) is 2.60. The van der Waals surface area contributed by atoms with Gasteiger partial charge in [-0.2, -0.15) is 0 Å². The first-order valence-electron chi connectivity index (χ1n) is 7.66. The summed E-state index contributed by atoms with van der Waals surface area (Å²) in [5.41, 5.74) is 1.31. The number of carbonyl (C=O) groups is 1. The second-order valence-electron chi connectivity index (χ2n) is 5.17. The molecule has 2 rings (SSSR count). The predicted octanol–water partition coefficient (Wildman–Crippen LogP) is 3.22. The number of hydrogen-bond donors (Lipinski definition) is 2. The summed E-state index contributed by atoms with van der Waals surface area (Å²) in [5, 5.41) is 5.29. The third-order valence-electron chi connectivity index (χ3n) is 3.51.